The molecular formula is C19H21FN2O2. The molecule has 2 amide bonds. The minimum atomic E-state index is -0.356. The molecule has 5 heteroatoms. The van der Waals surface area contributed by atoms with E-state index in [9.17, 15) is 14.0 Å². The summed E-state index contributed by atoms with van der Waals surface area (Å²) in [6, 6.07) is 11.4. The highest BCUT2D eigenvalue weighted by atomic mass is 19.1. The van der Waals surface area contributed by atoms with Crippen LogP contribution in [0.3, 0.4) is 0 Å². The van der Waals surface area contributed by atoms with Crippen molar-refractivity contribution in [3.05, 3.63) is 59.4 Å². The number of benzene rings is 2. The van der Waals surface area contributed by atoms with Crippen molar-refractivity contribution >= 4 is 23.2 Å². The molecule has 0 bridgehead atoms. The van der Waals surface area contributed by atoms with E-state index in [0.717, 1.165) is 16.8 Å². The smallest absolute Gasteiger partial charge is 0.226 e. The number of carbonyl (C=O) groups is 2. The fourth-order valence-electron chi connectivity index (χ4n) is 2.53. The molecule has 0 aliphatic rings. The summed E-state index contributed by atoms with van der Waals surface area (Å²) in [7, 11) is 0. The van der Waals surface area contributed by atoms with Gasteiger partial charge in [-0.1, -0.05) is 17.7 Å². The van der Waals surface area contributed by atoms with Gasteiger partial charge in [-0.2, -0.15) is 0 Å². The highest BCUT2D eigenvalue weighted by molar-refractivity contribution is 5.95. The molecule has 4 nitrogen and oxygen atoms in total. The Hall–Kier alpha value is -2.69. The molecule has 0 heterocycles. The Kier molecular flexibility index (Phi) is 5.68. The molecule has 126 valence electrons. The van der Waals surface area contributed by atoms with Gasteiger partial charge in [-0.15, -0.1) is 0 Å². The van der Waals surface area contributed by atoms with Crippen LogP contribution in [0.2, 0.25) is 0 Å². The molecule has 0 spiro atoms. The Labute approximate surface area is 141 Å². The number of nitrogens with one attached hydrogen (secondary N) is 1. The fourth-order valence-corrected chi connectivity index (χ4v) is 2.53. The van der Waals surface area contributed by atoms with Crippen molar-refractivity contribution in [3.63, 3.8) is 0 Å². The quantitative estimate of drug-likeness (QED) is 0.907. The first-order valence-electron chi connectivity index (χ1n) is 7.77. The number of anilines is 2. The fraction of sp³-hybridized carbons (Fsp3) is 0.263. The van der Waals surface area contributed by atoms with Crippen LogP contribution in [-0.2, 0) is 9.59 Å². The number of nitrogens with zero attached hydrogens (tertiary/aromatic N) is 1. The summed E-state index contributed by atoms with van der Waals surface area (Å²) in [5.74, 6) is -0.695. The lowest BCUT2D eigenvalue weighted by molar-refractivity contribution is -0.117. The van der Waals surface area contributed by atoms with E-state index in [1.807, 2.05) is 32.0 Å². The Morgan fingerprint density at radius 2 is 1.75 bits per heavy atom. The van der Waals surface area contributed by atoms with Crippen LogP contribution in [0.5, 0.6) is 0 Å². The van der Waals surface area contributed by atoms with Crippen LogP contribution in [0.15, 0.2) is 42.5 Å². The number of carbonyl (C=O) groups excluding carboxylic acids is 2. The van der Waals surface area contributed by atoms with Crippen LogP contribution in [0.4, 0.5) is 15.8 Å². The summed E-state index contributed by atoms with van der Waals surface area (Å²) in [5, 5.41) is 2.70. The first-order chi connectivity index (χ1) is 11.4. The lowest BCUT2D eigenvalue weighted by atomic mass is 10.1. The summed E-state index contributed by atoms with van der Waals surface area (Å²) in [6.45, 7) is 5.70. The number of aryl methyl sites for hydroxylation is 2. The van der Waals surface area contributed by atoms with Gasteiger partial charge in [0.2, 0.25) is 11.8 Å². The molecular weight excluding hydrogens is 307 g/mol. The third kappa shape index (κ3) is 4.65. The zero-order valence-electron chi connectivity index (χ0n) is 14.1. The highest BCUT2D eigenvalue weighted by Crippen LogP contribution is 2.21. The number of hydrogen-bond acceptors (Lipinski definition) is 2. The molecule has 0 fully saturated rings. The van der Waals surface area contributed by atoms with E-state index in [2.05, 4.69) is 5.32 Å². The molecule has 0 aliphatic carbocycles. The Bertz CT molecular complexity index is 742. The molecule has 0 saturated carbocycles. The van der Waals surface area contributed by atoms with Gasteiger partial charge in [0.15, 0.2) is 0 Å². The lowest BCUT2D eigenvalue weighted by Crippen LogP contribution is -2.32. The zero-order chi connectivity index (χ0) is 17.7. The Morgan fingerprint density at radius 3 is 2.33 bits per heavy atom. The summed E-state index contributed by atoms with van der Waals surface area (Å²) in [4.78, 5) is 25.6. The lowest BCUT2D eigenvalue weighted by Gasteiger charge is -2.23. The van der Waals surface area contributed by atoms with E-state index in [4.69, 9.17) is 0 Å². The molecule has 2 rings (SSSR count). The van der Waals surface area contributed by atoms with Crippen molar-refractivity contribution < 1.29 is 14.0 Å². The first-order valence-corrected chi connectivity index (χ1v) is 7.77. The molecule has 2 aromatic carbocycles. The second-order valence-electron chi connectivity index (χ2n) is 5.77. The van der Waals surface area contributed by atoms with Gasteiger partial charge in [0.25, 0.3) is 0 Å². The predicted molar refractivity (Wildman–Crippen MR) is 93.6 cm³/mol. The summed E-state index contributed by atoms with van der Waals surface area (Å²) in [5.41, 5.74) is 3.45. The Morgan fingerprint density at radius 1 is 1.08 bits per heavy atom. The van der Waals surface area contributed by atoms with Gasteiger partial charge in [-0.05, 0) is 49.7 Å². The number of rotatable bonds is 5. The SMILES string of the molecule is CC(=O)N(CCC(=O)Nc1ccc(F)cc1)c1ccc(C)cc1C. The van der Waals surface area contributed by atoms with Gasteiger partial charge in [0, 0.05) is 31.3 Å². The van der Waals surface area contributed by atoms with Gasteiger partial charge in [0.05, 0.1) is 0 Å². The largest absolute Gasteiger partial charge is 0.326 e. The van der Waals surface area contributed by atoms with Crippen LogP contribution < -0.4 is 10.2 Å². The molecule has 0 unspecified atom stereocenters. The number of hydrogen-bond donors (Lipinski definition) is 1. The van der Waals surface area contributed by atoms with E-state index < -0.39 is 0 Å². The van der Waals surface area contributed by atoms with E-state index in [1.54, 1.807) is 4.90 Å². The topological polar surface area (TPSA) is 49.4 Å². The van der Waals surface area contributed by atoms with Gasteiger partial charge in [-0.25, -0.2) is 4.39 Å². The molecule has 0 aromatic heterocycles. The first kappa shape index (κ1) is 17.7. The van der Waals surface area contributed by atoms with Crippen molar-refractivity contribution in [3.8, 4) is 0 Å². The number of amides is 2. The normalized spacial score (nSPS) is 10.3. The average molecular weight is 328 g/mol. The van der Waals surface area contributed by atoms with E-state index in [-0.39, 0.29) is 30.6 Å². The van der Waals surface area contributed by atoms with Crippen molar-refractivity contribution in [2.75, 3.05) is 16.8 Å². The molecule has 0 saturated heterocycles. The zero-order valence-corrected chi connectivity index (χ0v) is 14.1. The van der Waals surface area contributed by atoms with Crippen LogP contribution in [0.25, 0.3) is 0 Å². The maximum Gasteiger partial charge on any atom is 0.226 e. The monoisotopic (exact) mass is 328 g/mol. The van der Waals surface area contributed by atoms with Gasteiger partial charge in [-0.3, -0.25) is 9.59 Å². The number of halogens is 1. The third-order valence-corrected chi connectivity index (χ3v) is 3.71. The van der Waals surface area contributed by atoms with Crippen molar-refractivity contribution in [1.29, 1.82) is 0 Å². The minimum Gasteiger partial charge on any atom is -0.326 e. The molecule has 24 heavy (non-hydrogen) atoms. The van der Waals surface area contributed by atoms with Gasteiger partial charge < -0.3 is 10.2 Å². The maximum absolute atomic E-state index is 12.9. The van der Waals surface area contributed by atoms with Gasteiger partial charge >= 0.3 is 0 Å². The second kappa shape index (κ2) is 7.73. The average Bonchev–Trinajstić information content (AvgIpc) is 2.51. The maximum atomic E-state index is 12.9. The second-order valence-corrected chi connectivity index (χ2v) is 5.77. The summed E-state index contributed by atoms with van der Waals surface area (Å²) >= 11 is 0. The minimum absolute atomic E-state index is 0.114. The third-order valence-electron chi connectivity index (χ3n) is 3.71. The standard InChI is InChI=1S/C19H21FN2O2/c1-13-4-9-18(14(2)12-13)22(15(3)23)11-10-19(24)21-17-7-5-16(20)6-8-17/h4-9,12H,10-11H2,1-3H3,(H,21,24). The molecule has 0 radical (unpaired) electrons. The summed E-state index contributed by atoms with van der Waals surface area (Å²) in [6.07, 6.45) is 0.157. The Balaban J connectivity index is 2.02. The highest BCUT2D eigenvalue weighted by Gasteiger charge is 2.15. The van der Waals surface area contributed by atoms with E-state index >= 15 is 0 Å². The molecule has 2 aromatic rings. The molecule has 0 aliphatic heterocycles. The summed E-state index contributed by atoms with van der Waals surface area (Å²) < 4.78 is 12.9. The molecule has 1 N–H and O–H groups in total. The van der Waals surface area contributed by atoms with Crippen LogP contribution in [0, 0.1) is 19.7 Å². The van der Waals surface area contributed by atoms with Crippen LogP contribution >= 0.6 is 0 Å². The van der Waals surface area contributed by atoms with Gasteiger partial charge in [0.1, 0.15) is 5.82 Å². The van der Waals surface area contributed by atoms with Crippen molar-refractivity contribution in [2.45, 2.75) is 27.2 Å². The van der Waals surface area contributed by atoms with E-state index in [1.165, 1.54) is 31.2 Å². The van der Waals surface area contributed by atoms with Crippen LogP contribution in [0.1, 0.15) is 24.5 Å². The van der Waals surface area contributed by atoms with Crippen molar-refractivity contribution in [2.24, 2.45) is 0 Å². The van der Waals surface area contributed by atoms with Crippen molar-refractivity contribution in [1.82, 2.24) is 0 Å². The van der Waals surface area contributed by atoms with E-state index in [0.29, 0.717) is 5.69 Å². The van der Waals surface area contributed by atoms with Crippen LogP contribution in [-0.4, -0.2) is 18.4 Å². The predicted octanol–water partition coefficient (Wildman–Crippen LogP) is 3.82. The molecule has 0 atom stereocenters.